The highest BCUT2D eigenvalue weighted by Gasteiger charge is 2.21. The number of hydrogen-bond acceptors (Lipinski definition) is 5. The van der Waals surface area contributed by atoms with Gasteiger partial charge in [-0.1, -0.05) is 31.5 Å². The first-order chi connectivity index (χ1) is 12.9. The number of aromatic nitrogens is 2. The van der Waals surface area contributed by atoms with E-state index in [1.54, 1.807) is 11.9 Å². The van der Waals surface area contributed by atoms with E-state index < -0.39 is 11.2 Å². The normalized spacial score (nSPS) is 10.6. The van der Waals surface area contributed by atoms with Crippen molar-refractivity contribution >= 4 is 23.1 Å². The molecule has 1 heterocycles. The largest absolute Gasteiger partial charge is 0.383 e. The Bertz CT molecular complexity index is 888. The summed E-state index contributed by atoms with van der Waals surface area (Å²) in [6.45, 7) is 4.62. The zero-order valence-corrected chi connectivity index (χ0v) is 16.1. The van der Waals surface area contributed by atoms with Crippen molar-refractivity contribution in [2.75, 3.05) is 35.7 Å². The molecular formula is C19H27N5O3. The molecule has 1 aromatic carbocycles. The second-order valence-electron chi connectivity index (χ2n) is 6.30. The standard InChI is InChI=1S/C19H27N5O3/c1-4-6-12-24-17(20)16(18(26)21-19(24)27)23(5-2)13-15(25)22(3)14-10-8-7-9-11-14/h7-11H,4-6,12-13,20H2,1-3H3,(H,21,26,27). The van der Waals surface area contributed by atoms with Gasteiger partial charge >= 0.3 is 5.69 Å². The van der Waals surface area contributed by atoms with E-state index in [1.807, 2.05) is 44.2 Å². The fourth-order valence-electron chi connectivity index (χ4n) is 2.84. The Kier molecular flexibility index (Phi) is 6.81. The number of carbonyl (C=O) groups is 1. The number of aromatic amines is 1. The van der Waals surface area contributed by atoms with Crippen LogP contribution < -0.4 is 26.8 Å². The van der Waals surface area contributed by atoms with Crippen LogP contribution in [0.25, 0.3) is 0 Å². The summed E-state index contributed by atoms with van der Waals surface area (Å²) >= 11 is 0. The van der Waals surface area contributed by atoms with Crippen LogP contribution in [-0.2, 0) is 11.3 Å². The third-order valence-corrected chi connectivity index (χ3v) is 4.49. The second kappa shape index (κ2) is 9.07. The summed E-state index contributed by atoms with van der Waals surface area (Å²) in [5, 5.41) is 0. The molecule has 3 N–H and O–H groups in total. The fraction of sp³-hybridized carbons (Fsp3) is 0.421. The van der Waals surface area contributed by atoms with Gasteiger partial charge in [-0.05, 0) is 25.5 Å². The van der Waals surface area contributed by atoms with Gasteiger partial charge in [0.1, 0.15) is 11.5 Å². The number of para-hydroxylation sites is 1. The van der Waals surface area contributed by atoms with E-state index in [0.717, 1.165) is 18.5 Å². The Hall–Kier alpha value is -3.03. The van der Waals surface area contributed by atoms with Gasteiger partial charge < -0.3 is 15.5 Å². The van der Waals surface area contributed by atoms with Crippen molar-refractivity contribution in [3.05, 3.63) is 51.2 Å². The molecule has 0 aliphatic carbocycles. The van der Waals surface area contributed by atoms with Crippen LogP contribution in [-0.4, -0.2) is 35.6 Å². The molecule has 0 bridgehead atoms. The van der Waals surface area contributed by atoms with Gasteiger partial charge in [0.2, 0.25) is 5.91 Å². The quantitative estimate of drug-likeness (QED) is 0.728. The van der Waals surface area contributed by atoms with E-state index in [2.05, 4.69) is 4.98 Å². The van der Waals surface area contributed by atoms with E-state index in [1.165, 1.54) is 9.47 Å². The van der Waals surface area contributed by atoms with Crippen molar-refractivity contribution in [3.8, 4) is 0 Å². The number of H-pyrrole nitrogens is 1. The monoisotopic (exact) mass is 373 g/mol. The van der Waals surface area contributed by atoms with Crippen LogP contribution in [0.3, 0.4) is 0 Å². The van der Waals surface area contributed by atoms with Crippen LogP contribution in [0.15, 0.2) is 39.9 Å². The molecule has 8 nitrogen and oxygen atoms in total. The summed E-state index contributed by atoms with van der Waals surface area (Å²) < 4.78 is 1.36. The van der Waals surface area contributed by atoms with Gasteiger partial charge in [0.15, 0.2) is 0 Å². The first-order valence-corrected chi connectivity index (χ1v) is 9.09. The van der Waals surface area contributed by atoms with Gasteiger partial charge in [-0.3, -0.25) is 19.1 Å². The predicted molar refractivity (Wildman–Crippen MR) is 108 cm³/mol. The summed E-state index contributed by atoms with van der Waals surface area (Å²) in [5.74, 6) is -0.0950. The highest BCUT2D eigenvalue weighted by molar-refractivity contribution is 5.96. The van der Waals surface area contributed by atoms with E-state index in [4.69, 9.17) is 5.73 Å². The lowest BCUT2D eigenvalue weighted by Gasteiger charge is -2.26. The Morgan fingerprint density at radius 1 is 1.19 bits per heavy atom. The lowest BCUT2D eigenvalue weighted by Crippen LogP contribution is -2.43. The molecule has 0 saturated heterocycles. The molecule has 1 aromatic heterocycles. The first kappa shape index (κ1) is 20.3. The van der Waals surface area contributed by atoms with Gasteiger partial charge in [-0.2, -0.15) is 0 Å². The Morgan fingerprint density at radius 3 is 2.44 bits per heavy atom. The maximum absolute atomic E-state index is 12.7. The van der Waals surface area contributed by atoms with E-state index >= 15 is 0 Å². The van der Waals surface area contributed by atoms with Crippen molar-refractivity contribution in [2.45, 2.75) is 33.2 Å². The summed E-state index contributed by atoms with van der Waals surface area (Å²) in [7, 11) is 1.68. The molecule has 0 atom stereocenters. The number of unbranched alkanes of at least 4 members (excludes halogenated alkanes) is 1. The summed E-state index contributed by atoms with van der Waals surface area (Å²) in [6, 6.07) is 9.24. The lowest BCUT2D eigenvalue weighted by atomic mass is 10.3. The third-order valence-electron chi connectivity index (χ3n) is 4.49. The maximum Gasteiger partial charge on any atom is 0.330 e. The van der Waals surface area contributed by atoms with Crippen molar-refractivity contribution < 1.29 is 4.79 Å². The van der Waals surface area contributed by atoms with Crippen LogP contribution in [0.4, 0.5) is 17.2 Å². The minimum atomic E-state index is -0.581. The van der Waals surface area contributed by atoms with Crippen molar-refractivity contribution in [1.82, 2.24) is 9.55 Å². The molecule has 27 heavy (non-hydrogen) atoms. The number of rotatable bonds is 8. The van der Waals surface area contributed by atoms with Gasteiger partial charge in [0.25, 0.3) is 5.56 Å². The number of anilines is 3. The molecular weight excluding hydrogens is 346 g/mol. The summed E-state index contributed by atoms with van der Waals surface area (Å²) in [4.78, 5) is 42.6. The molecule has 2 rings (SSSR count). The number of nitrogens with zero attached hydrogens (tertiary/aromatic N) is 3. The second-order valence-corrected chi connectivity index (χ2v) is 6.30. The molecule has 146 valence electrons. The molecule has 0 spiro atoms. The van der Waals surface area contributed by atoms with Crippen LogP contribution >= 0.6 is 0 Å². The van der Waals surface area contributed by atoms with E-state index in [0.29, 0.717) is 13.1 Å². The molecule has 0 aliphatic rings. The number of nitrogens with one attached hydrogen (secondary N) is 1. The third kappa shape index (κ3) is 4.58. The summed E-state index contributed by atoms with van der Waals surface area (Å²) in [5.41, 5.74) is 5.94. The van der Waals surface area contributed by atoms with E-state index in [-0.39, 0.29) is 24.0 Å². The van der Waals surface area contributed by atoms with Gasteiger partial charge in [0.05, 0.1) is 6.54 Å². The maximum atomic E-state index is 12.7. The van der Waals surface area contributed by atoms with Gasteiger partial charge in [-0.15, -0.1) is 0 Å². The molecule has 0 fully saturated rings. The predicted octanol–water partition coefficient (Wildman–Crippen LogP) is 1.41. The SMILES string of the molecule is CCCCn1c(N)c(N(CC)CC(=O)N(C)c2ccccc2)c(=O)[nH]c1=O. The van der Waals surface area contributed by atoms with Crippen LogP contribution in [0, 0.1) is 0 Å². The van der Waals surface area contributed by atoms with Crippen molar-refractivity contribution in [2.24, 2.45) is 0 Å². The van der Waals surface area contributed by atoms with Crippen LogP contribution in [0.1, 0.15) is 26.7 Å². The van der Waals surface area contributed by atoms with Crippen molar-refractivity contribution in [3.63, 3.8) is 0 Å². The number of nitrogens with two attached hydrogens (primary N) is 1. The van der Waals surface area contributed by atoms with Crippen LogP contribution in [0.2, 0.25) is 0 Å². The molecule has 8 heteroatoms. The molecule has 0 radical (unpaired) electrons. The molecule has 0 aliphatic heterocycles. The van der Waals surface area contributed by atoms with Gasteiger partial charge in [-0.25, -0.2) is 4.79 Å². The topological polar surface area (TPSA) is 104 Å². The van der Waals surface area contributed by atoms with Crippen LogP contribution in [0.5, 0.6) is 0 Å². The van der Waals surface area contributed by atoms with E-state index in [9.17, 15) is 14.4 Å². The number of amides is 1. The molecule has 0 saturated carbocycles. The molecule has 2 aromatic rings. The number of benzene rings is 1. The average Bonchev–Trinajstić information content (AvgIpc) is 2.66. The number of carbonyl (C=O) groups excluding carboxylic acids is 1. The summed E-state index contributed by atoms with van der Waals surface area (Å²) in [6.07, 6.45) is 1.65. The van der Waals surface area contributed by atoms with Crippen molar-refractivity contribution in [1.29, 1.82) is 0 Å². The highest BCUT2D eigenvalue weighted by atomic mass is 16.2. The smallest absolute Gasteiger partial charge is 0.330 e. The lowest BCUT2D eigenvalue weighted by molar-refractivity contribution is -0.117. The fourth-order valence-corrected chi connectivity index (χ4v) is 2.84. The zero-order valence-electron chi connectivity index (χ0n) is 16.1. The molecule has 0 unspecified atom stereocenters. The number of nitrogen functional groups attached to an aromatic ring is 1. The zero-order chi connectivity index (χ0) is 20.0. The minimum Gasteiger partial charge on any atom is -0.383 e. The number of likely N-dealkylation sites (N-methyl/N-ethyl adjacent to an activating group) is 2. The number of hydrogen-bond donors (Lipinski definition) is 2. The first-order valence-electron chi connectivity index (χ1n) is 9.09. The minimum absolute atomic E-state index is 0.0266. The van der Waals surface area contributed by atoms with Gasteiger partial charge in [0, 0.05) is 25.8 Å². The Labute approximate surface area is 158 Å². The average molecular weight is 373 g/mol. The molecule has 1 amide bonds. The Morgan fingerprint density at radius 2 is 1.85 bits per heavy atom. The highest BCUT2D eigenvalue weighted by Crippen LogP contribution is 2.18. The Balaban J connectivity index is 2.33.